The molecule has 0 saturated heterocycles. The van der Waals surface area contributed by atoms with Crippen LogP contribution in [-0.4, -0.2) is 55.6 Å². The van der Waals surface area contributed by atoms with Gasteiger partial charge in [0, 0.05) is 25.0 Å². The summed E-state index contributed by atoms with van der Waals surface area (Å²) < 4.78 is 1.69. The van der Waals surface area contributed by atoms with E-state index in [1.54, 1.807) is 23.3 Å². The van der Waals surface area contributed by atoms with Crippen molar-refractivity contribution >= 4 is 11.9 Å². The highest BCUT2D eigenvalue weighted by Crippen LogP contribution is 2.07. The van der Waals surface area contributed by atoms with Crippen LogP contribution in [-0.2, 0) is 0 Å². The van der Waals surface area contributed by atoms with Crippen molar-refractivity contribution in [1.29, 1.82) is 0 Å². The lowest BCUT2D eigenvalue weighted by Gasteiger charge is -2.20. The molecule has 0 bridgehead atoms. The molecule has 0 saturated carbocycles. The van der Waals surface area contributed by atoms with Gasteiger partial charge in [-0.05, 0) is 33.9 Å². The quantitative estimate of drug-likeness (QED) is 0.727. The van der Waals surface area contributed by atoms with Crippen LogP contribution in [0.1, 0.15) is 20.3 Å². The van der Waals surface area contributed by atoms with E-state index in [4.69, 9.17) is 5.73 Å². The minimum atomic E-state index is 0.190. The molecule has 2 aromatic rings. The third-order valence-corrected chi connectivity index (χ3v) is 3.23. The Hall–Kier alpha value is -2.22. The molecule has 0 fully saturated rings. The van der Waals surface area contributed by atoms with Crippen LogP contribution in [0, 0.1) is 0 Å². The van der Waals surface area contributed by atoms with Gasteiger partial charge >= 0.3 is 0 Å². The van der Waals surface area contributed by atoms with E-state index >= 15 is 0 Å². The predicted molar refractivity (Wildman–Crippen MR) is 82.2 cm³/mol. The molecule has 0 amide bonds. The SMILES string of the molecule is CC(C)N(C)CCCNc1nc(N)nc(-n2ccnc2)n1. The number of nitrogen functional groups attached to an aromatic ring is 1. The molecule has 114 valence electrons. The first-order valence-corrected chi connectivity index (χ1v) is 7.00. The van der Waals surface area contributed by atoms with Crippen molar-refractivity contribution in [2.75, 3.05) is 31.2 Å². The third kappa shape index (κ3) is 4.38. The van der Waals surface area contributed by atoms with Crippen molar-refractivity contribution in [3.8, 4) is 5.95 Å². The molecule has 8 nitrogen and oxygen atoms in total. The topological polar surface area (TPSA) is 97.8 Å². The molecule has 0 aromatic carbocycles. The van der Waals surface area contributed by atoms with Crippen LogP contribution in [0.4, 0.5) is 11.9 Å². The lowest BCUT2D eigenvalue weighted by atomic mass is 10.3. The first-order chi connectivity index (χ1) is 10.1. The van der Waals surface area contributed by atoms with E-state index in [0.29, 0.717) is 17.9 Å². The summed E-state index contributed by atoms with van der Waals surface area (Å²) in [6, 6.07) is 0.547. The number of nitrogens with two attached hydrogens (primary N) is 1. The van der Waals surface area contributed by atoms with E-state index in [0.717, 1.165) is 19.5 Å². The molecule has 21 heavy (non-hydrogen) atoms. The number of imidazole rings is 1. The summed E-state index contributed by atoms with van der Waals surface area (Å²) in [7, 11) is 2.11. The van der Waals surface area contributed by atoms with Gasteiger partial charge < -0.3 is 16.0 Å². The number of nitrogens with one attached hydrogen (secondary N) is 1. The van der Waals surface area contributed by atoms with Crippen molar-refractivity contribution < 1.29 is 0 Å². The second kappa shape index (κ2) is 6.98. The average molecular weight is 290 g/mol. The molecule has 0 spiro atoms. The van der Waals surface area contributed by atoms with E-state index in [2.05, 4.69) is 51.0 Å². The van der Waals surface area contributed by atoms with Gasteiger partial charge in [0.1, 0.15) is 6.33 Å². The van der Waals surface area contributed by atoms with Crippen molar-refractivity contribution in [2.24, 2.45) is 0 Å². The first kappa shape index (κ1) is 15.2. The Morgan fingerprint density at radius 3 is 2.81 bits per heavy atom. The van der Waals surface area contributed by atoms with Crippen LogP contribution in [0.25, 0.3) is 5.95 Å². The molecule has 0 unspecified atom stereocenters. The van der Waals surface area contributed by atoms with E-state index < -0.39 is 0 Å². The highest BCUT2D eigenvalue weighted by atomic mass is 15.3. The van der Waals surface area contributed by atoms with Crippen molar-refractivity contribution in [3.05, 3.63) is 18.7 Å². The highest BCUT2D eigenvalue weighted by molar-refractivity contribution is 5.34. The van der Waals surface area contributed by atoms with Crippen molar-refractivity contribution in [3.63, 3.8) is 0 Å². The molecule has 0 aliphatic rings. The molecular weight excluding hydrogens is 268 g/mol. The maximum absolute atomic E-state index is 5.71. The summed E-state index contributed by atoms with van der Waals surface area (Å²) >= 11 is 0. The van der Waals surface area contributed by atoms with Crippen molar-refractivity contribution in [2.45, 2.75) is 26.3 Å². The minimum absolute atomic E-state index is 0.190. The Morgan fingerprint density at radius 1 is 1.33 bits per heavy atom. The fourth-order valence-electron chi connectivity index (χ4n) is 1.74. The molecule has 8 heteroatoms. The van der Waals surface area contributed by atoms with Crippen LogP contribution in [0.15, 0.2) is 18.7 Å². The van der Waals surface area contributed by atoms with Crippen LogP contribution >= 0.6 is 0 Å². The fourth-order valence-corrected chi connectivity index (χ4v) is 1.74. The normalized spacial score (nSPS) is 11.3. The summed E-state index contributed by atoms with van der Waals surface area (Å²) in [5.41, 5.74) is 5.71. The largest absolute Gasteiger partial charge is 0.368 e. The van der Waals surface area contributed by atoms with Crippen LogP contribution in [0.5, 0.6) is 0 Å². The number of anilines is 2. The molecule has 3 N–H and O–H groups in total. The van der Waals surface area contributed by atoms with Gasteiger partial charge in [-0.25, -0.2) is 4.98 Å². The van der Waals surface area contributed by atoms with Crippen LogP contribution < -0.4 is 11.1 Å². The molecule has 0 aliphatic carbocycles. The third-order valence-electron chi connectivity index (χ3n) is 3.23. The lowest BCUT2D eigenvalue weighted by molar-refractivity contribution is 0.273. The number of rotatable bonds is 7. The summed E-state index contributed by atoms with van der Waals surface area (Å²) in [5, 5.41) is 3.18. The second-order valence-corrected chi connectivity index (χ2v) is 5.14. The van der Waals surface area contributed by atoms with E-state index in [1.807, 2.05) is 0 Å². The molecule has 0 aliphatic heterocycles. The average Bonchev–Trinajstić information content (AvgIpc) is 2.96. The predicted octanol–water partition coefficient (Wildman–Crippen LogP) is 0.782. The smallest absolute Gasteiger partial charge is 0.241 e. The maximum Gasteiger partial charge on any atom is 0.241 e. The summed E-state index contributed by atoms with van der Waals surface area (Å²) in [6.45, 7) is 6.15. The number of hydrogen-bond donors (Lipinski definition) is 2. The maximum atomic E-state index is 5.71. The zero-order valence-corrected chi connectivity index (χ0v) is 12.7. The van der Waals surface area contributed by atoms with Gasteiger partial charge in [0.05, 0.1) is 0 Å². The van der Waals surface area contributed by atoms with E-state index in [9.17, 15) is 0 Å². The van der Waals surface area contributed by atoms with Gasteiger partial charge in [-0.2, -0.15) is 15.0 Å². The van der Waals surface area contributed by atoms with E-state index in [1.165, 1.54) is 0 Å². The number of hydrogen-bond acceptors (Lipinski definition) is 7. The van der Waals surface area contributed by atoms with Crippen LogP contribution in [0.3, 0.4) is 0 Å². The summed E-state index contributed by atoms with van der Waals surface area (Å²) in [5.74, 6) is 1.13. The molecular formula is C13H22N8. The standard InChI is InChI=1S/C13H22N8/c1-10(2)20(3)7-4-5-16-12-17-11(14)18-13(19-12)21-8-6-15-9-21/h6,8-10H,4-5,7H2,1-3H3,(H3,14,16,17,18,19). The van der Waals surface area contributed by atoms with Crippen molar-refractivity contribution in [1.82, 2.24) is 29.4 Å². The number of aromatic nitrogens is 5. The van der Waals surface area contributed by atoms with Gasteiger partial charge in [0.15, 0.2) is 0 Å². The van der Waals surface area contributed by atoms with Gasteiger partial charge in [0.2, 0.25) is 17.8 Å². The van der Waals surface area contributed by atoms with Gasteiger partial charge in [0.25, 0.3) is 0 Å². The zero-order chi connectivity index (χ0) is 15.2. The Balaban J connectivity index is 1.92. The Morgan fingerprint density at radius 2 is 2.14 bits per heavy atom. The molecule has 2 heterocycles. The minimum Gasteiger partial charge on any atom is -0.368 e. The first-order valence-electron chi connectivity index (χ1n) is 7.00. The number of nitrogens with zero attached hydrogens (tertiary/aromatic N) is 6. The Kier molecular flexibility index (Phi) is 5.04. The lowest BCUT2D eigenvalue weighted by Crippen LogP contribution is -2.28. The molecule has 0 radical (unpaired) electrons. The van der Waals surface area contributed by atoms with Gasteiger partial charge in [-0.1, -0.05) is 0 Å². The molecule has 2 rings (SSSR count). The Labute approximate surface area is 124 Å². The summed E-state index contributed by atoms with van der Waals surface area (Å²) in [6.07, 6.45) is 6.04. The van der Waals surface area contributed by atoms with Gasteiger partial charge in [-0.3, -0.25) is 4.57 Å². The summed E-state index contributed by atoms with van der Waals surface area (Å²) in [4.78, 5) is 18.8. The Bertz CT molecular complexity index is 551. The van der Waals surface area contributed by atoms with Gasteiger partial charge in [-0.15, -0.1) is 0 Å². The molecule has 2 aromatic heterocycles. The fraction of sp³-hybridized carbons (Fsp3) is 0.538. The zero-order valence-electron chi connectivity index (χ0n) is 12.7. The van der Waals surface area contributed by atoms with Crippen LogP contribution in [0.2, 0.25) is 0 Å². The van der Waals surface area contributed by atoms with E-state index in [-0.39, 0.29) is 5.95 Å². The highest BCUT2D eigenvalue weighted by Gasteiger charge is 2.06. The second-order valence-electron chi connectivity index (χ2n) is 5.14. The monoisotopic (exact) mass is 290 g/mol. The molecule has 0 atom stereocenters.